The summed E-state index contributed by atoms with van der Waals surface area (Å²) in [5, 5.41) is 7.98. The highest BCUT2D eigenvalue weighted by Crippen LogP contribution is 2.40. The van der Waals surface area contributed by atoms with Crippen LogP contribution in [0.1, 0.15) is 46.5 Å². The molecule has 5 rings (SSSR count). The number of hydrogen-bond acceptors (Lipinski definition) is 5. The Morgan fingerprint density at radius 2 is 2.10 bits per heavy atom. The molecule has 3 aromatic heterocycles. The molecule has 1 aliphatic heterocycles. The van der Waals surface area contributed by atoms with Crippen molar-refractivity contribution in [2.75, 3.05) is 11.9 Å². The summed E-state index contributed by atoms with van der Waals surface area (Å²) < 4.78 is 1.89. The van der Waals surface area contributed by atoms with Crippen molar-refractivity contribution in [3.8, 4) is 11.1 Å². The first-order valence-corrected chi connectivity index (χ1v) is 10.3. The highest BCUT2D eigenvalue weighted by molar-refractivity contribution is 5.96. The number of aromatic nitrogens is 4. The van der Waals surface area contributed by atoms with Gasteiger partial charge in [0.1, 0.15) is 0 Å². The monoisotopic (exact) mass is 388 g/mol. The first-order valence-electron chi connectivity index (χ1n) is 10.3. The molecule has 2 aliphatic rings. The number of nitrogens with zero attached hydrogens (tertiary/aromatic N) is 5. The van der Waals surface area contributed by atoms with Gasteiger partial charge in [0.15, 0.2) is 5.82 Å². The average molecular weight is 389 g/mol. The van der Waals surface area contributed by atoms with E-state index in [4.69, 9.17) is 0 Å². The fraction of sp³-hybridized carbons (Fsp3) is 0.391. The predicted octanol–water partition coefficient (Wildman–Crippen LogP) is 5.26. The molecule has 150 valence electrons. The molecule has 0 saturated heterocycles. The van der Waals surface area contributed by atoms with Crippen molar-refractivity contribution in [3.63, 3.8) is 0 Å². The van der Waals surface area contributed by atoms with Gasteiger partial charge in [-0.15, -0.1) is 5.10 Å². The first-order chi connectivity index (χ1) is 14.0. The van der Waals surface area contributed by atoms with E-state index in [2.05, 4.69) is 64.9 Å². The number of hydrogen-bond donors (Lipinski definition) is 1. The van der Waals surface area contributed by atoms with Crippen molar-refractivity contribution < 1.29 is 1.43 Å². The molecule has 29 heavy (non-hydrogen) atoms. The van der Waals surface area contributed by atoms with Crippen LogP contribution in [0.15, 0.2) is 47.9 Å². The van der Waals surface area contributed by atoms with Crippen molar-refractivity contribution in [1.29, 1.82) is 0 Å². The number of fused-ring (bicyclic) bond motifs is 2. The highest BCUT2D eigenvalue weighted by atomic mass is 15.3. The fourth-order valence-electron chi connectivity index (χ4n) is 4.61. The maximum Gasteiger partial charge on any atom is 0.241 e. The van der Waals surface area contributed by atoms with Crippen LogP contribution >= 0.6 is 0 Å². The second kappa shape index (κ2) is 6.79. The highest BCUT2D eigenvalue weighted by Gasteiger charge is 2.28. The number of aliphatic imine (C=N–C) groups is 1. The Morgan fingerprint density at radius 3 is 2.86 bits per heavy atom. The lowest BCUT2D eigenvalue weighted by atomic mass is 9.81. The SMILES string of the molecule is C=C1CC(CNc2ncc3c(-c4cnc5c(c4)C(C(C)C)C(C)=N5)ccn3n2)C1.[HH]. The van der Waals surface area contributed by atoms with Crippen LogP contribution in [0.5, 0.6) is 0 Å². The largest absolute Gasteiger partial charge is 0.353 e. The zero-order valence-electron chi connectivity index (χ0n) is 17.2. The summed E-state index contributed by atoms with van der Waals surface area (Å²) in [7, 11) is 0. The van der Waals surface area contributed by atoms with Gasteiger partial charge in [0.25, 0.3) is 0 Å². The van der Waals surface area contributed by atoms with Crippen LogP contribution in [0.2, 0.25) is 0 Å². The molecule has 1 N–H and O–H groups in total. The zero-order chi connectivity index (χ0) is 20.1. The van der Waals surface area contributed by atoms with E-state index >= 15 is 0 Å². The second-order valence-electron chi connectivity index (χ2n) is 8.66. The van der Waals surface area contributed by atoms with E-state index in [1.165, 1.54) is 11.1 Å². The van der Waals surface area contributed by atoms with Gasteiger partial charge in [-0.25, -0.2) is 19.5 Å². The number of rotatable bonds is 5. The molecule has 0 aromatic carbocycles. The zero-order valence-corrected chi connectivity index (χ0v) is 17.2. The molecular formula is C23H28N6. The van der Waals surface area contributed by atoms with Gasteiger partial charge in [0, 0.05) is 48.7 Å². The third kappa shape index (κ3) is 3.12. The summed E-state index contributed by atoms with van der Waals surface area (Å²) in [4.78, 5) is 13.8. The van der Waals surface area contributed by atoms with Crippen molar-refractivity contribution in [2.45, 2.75) is 39.5 Å². The lowest BCUT2D eigenvalue weighted by molar-refractivity contribution is 0.441. The fourth-order valence-corrected chi connectivity index (χ4v) is 4.61. The molecule has 6 nitrogen and oxygen atoms in total. The Balaban J connectivity index is 0.00000218. The van der Waals surface area contributed by atoms with Gasteiger partial charge in [-0.3, -0.25) is 0 Å². The van der Waals surface area contributed by atoms with E-state index < -0.39 is 0 Å². The van der Waals surface area contributed by atoms with Crippen molar-refractivity contribution in [3.05, 3.63) is 48.4 Å². The van der Waals surface area contributed by atoms with Gasteiger partial charge in [-0.1, -0.05) is 26.0 Å². The maximum absolute atomic E-state index is 4.66. The summed E-state index contributed by atoms with van der Waals surface area (Å²) >= 11 is 0. The minimum absolute atomic E-state index is 0. The topological polar surface area (TPSA) is 67.5 Å². The number of anilines is 1. The lowest BCUT2D eigenvalue weighted by Crippen LogP contribution is -2.23. The van der Waals surface area contributed by atoms with E-state index in [0.29, 0.717) is 23.7 Å². The first kappa shape index (κ1) is 18.0. The summed E-state index contributed by atoms with van der Waals surface area (Å²) in [6.07, 6.45) is 7.99. The van der Waals surface area contributed by atoms with Crippen molar-refractivity contribution in [1.82, 2.24) is 19.6 Å². The van der Waals surface area contributed by atoms with E-state index in [1.54, 1.807) is 0 Å². The van der Waals surface area contributed by atoms with Crippen LogP contribution < -0.4 is 5.32 Å². The molecule has 0 amide bonds. The van der Waals surface area contributed by atoms with Crippen molar-refractivity contribution >= 4 is 23.0 Å². The van der Waals surface area contributed by atoms with E-state index in [9.17, 15) is 0 Å². The van der Waals surface area contributed by atoms with Crippen LogP contribution in [-0.2, 0) is 0 Å². The molecule has 3 aromatic rings. The predicted molar refractivity (Wildman–Crippen MR) is 119 cm³/mol. The maximum atomic E-state index is 4.66. The quantitative estimate of drug-likeness (QED) is 0.605. The molecule has 1 saturated carbocycles. The molecule has 4 heterocycles. The molecular weight excluding hydrogens is 360 g/mol. The van der Waals surface area contributed by atoms with Crippen LogP contribution in [0.3, 0.4) is 0 Å². The minimum atomic E-state index is 0. The van der Waals surface area contributed by atoms with Crippen LogP contribution in [-0.4, -0.2) is 31.8 Å². The van der Waals surface area contributed by atoms with Gasteiger partial charge in [-0.05, 0) is 43.7 Å². The van der Waals surface area contributed by atoms with Crippen LogP contribution in [0.25, 0.3) is 16.6 Å². The Hall–Kier alpha value is -3.02. The number of allylic oxidation sites excluding steroid dienone is 1. The standard InChI is InChI=1S/C23H26N6.H2/c1-13(2)21-15(4)27-22-19(21)9-17(11-24-22)18-5-6-29-20(18)12-26-23(28-29)25-10-16-7-14(3)8-16;/h5-6,9,11-13,16,21H,3,7-8,10H2,1-2,4H3,(H,25,28);1H. The molecule has 0 radical (unpaired) electrons. The summed E-state index contributed by atoms with van der Waals surface area (Å²) in [5.41, 5.74) is 6.86. The normalized spacial score (nSPS) is 18.8. The van der Waals surface area contributed by atoms with Gasteiger partial charge >= 0.3 is 0 Å². The third-order valence-corrected chi connectivity index (χ3v) is 6.06. The molecule has 1 unspecified atom stereocenters. The van der Waals surface area contributed by atoms with Gasteiger partial charge < -0.3 is 5.32 Å². The smallest absolute Gasteiger partial charge is 0.241 e. The van der Waals surface area contributed by atoms with Gasteiger partial charge in [-0.2, -0.15) is 0 Å². The Kier molecular flexibility index (Phi) is 4.23. The molecule has 1 atom stereocenters. The second-order valence-corrected chi connectivity index (χ2v) is 8.66. The molecule has 0 bridgehead atoms. The number of pyridine rings is 1. The van der Waals surface area contributed by atoms with Crippen LogP contribution in [0, 0.1) is 11.8 Å². The third-order valence-electron chi connectivity index (χ3n) is 6.06. The molecule has 1 aliphatic carbocycles. The minimum Gasteiger partial charge on any atom is -0.353 e. The van der Waals surface area contributed by atoms with Gasteiger partial charge in [0.05, 0.1) is 11.7 Å². The van der Waals surface area contributed by atoms with Crippen LogP contribution in [0.4, 0.5) is 11.8 Å². The molecule has 0 spiro atoms. The summed E-state index contributed by atoms with van der Waals surface area (Å²) in [6.45, 7) is 11.5. The average Bonchev–Trinajstić information content (AvgIpc) is 3.23. The number of nitrogens with one attached hydrogen (secondary N) is 1. The van der Waals surface area contributed by atoms with E-state index in [0.717, 1.165) is 47.6 Å². The Labute approximate surface area is 172 Å². The summed E-state index contributed by atoms with van der Waals surface area (Å²) in [5.74, 6) is 3.00. The summed E-state index contributed by atoms with van der Waals surface area (Å²) in [6, 6.07) is 4.32. The Morgan fingerprint density at radius 1 is 1.28 bits per heavy atom. The lowest BCUT2D eigenvalue weighted by Gasteiger charge is -2.28. The van der Waals surface area contributed by atoms with E-state index in [1.807, 2.05) is 23.1 Å². The Bertz CT molecular complexity index is 1140. The molecule has 1 fully saturated rings. The van der Waals surface area contributed by atoms with E-state index in [-0.39, 0.29) is 1.43 Å². The van der Waals surface area contributed by atoms with Gasteiger partial charge in [0.2, 0.25) is 5.95 Å². The van der Waals surface area contributed by atoms with Crippen molar-refractivity contribution in [2.24, 2.45) is 16.8 Å². The molecule has 6 heteroatoms.